The van der Waals surface area contributed by atoms with E-state index in [9.17, 15) is 5.11 Å². The molecule has 0 saturated heterocycles. The smallest absolute Gasteiger partial charge is 0.0899 e. The van der Waals surface area contributed by atoms with E-state index in [1.54, 1.807) is 0 Å². The van der Waals surface area contributed by atoms with Gasteiger partial charge < -0.3 is 5.11 Å². The van der Waals surface area contributed by atoms with E-state index >= 15 is 0 Å². The summed E-state index contributed by atoms with van der Waals surface area (Å²) in [6.45, 7) is 2.22. The summed E-state index contributed by atoms with van der Waals surface area (Å²) in [5.74, 6) is 0. The second kappa shape index (κ2) is 2.88. The van der Waals surface area contributed by atoms with Gasteiger partial charge in [0, 0.05) is 19.1 Å². The van der Waals surface area contributed by atoms with Crippen LogP contribution in [0.1, 0.15) is 42.4 Å². The average Bonchev–Trinajstić information content (AvgIpc) is 3.19. The van der Waals surface area contributed by atoms with E-state index in [4.69, 9.17) is 0 Å². The molecule has 0 unspecified atom stereocenters. The van der Waals surface area contributed by atoms with Crippen LogP contribution in [0.15, 0.2) is 18.2 Å². The van der Waals surface area contributed by atoms with Crippen molar-refractivity contribution in [3.8, 4) is 0 Å². The third kappa shape index (κ3) is 1.33. The molecular weight excluding hydrogens is 198 g/mol. The van der Waals surface area contributed by atoms with Crippen molar-refractivity contribution in [2.45, 2.75) is 50.4 Å². The standard InChI is InChI=1S/C14H17NO/c16-14(5-6-14)12-2-1-10-8-15(13-3-4-13)9-11(10)7-12/h1-2,7,13,16H,3-6,8-9H2. The maximum Gasteiger partial charge on any atom is 0.0899 e. The van der Waals surface area contributed by atoms with Crippen LogP contribution in [-0.2, 0) is 18.7 Å². The fraction of sp³-hybridized carbons (Fsp3) is 0.571. The van der Waals surface area contributed by atoms with Gasteiger partial charge in [-0.3, -0.25) is 4.90 Å². The molecule has 1 aliphatic heterocycles. The first-order chi connectivity index (χ1) is 7.74. The second-order valence-electron chi connectivity index (χ2n) is 5.65. The number of benzene rings is 1. The summed E-state index contributed by atoms with van der Waals surface area (Å²) < 4.78 is 0. The Bertz CT molecular complexity index is 446. The Morgan fingerprint density at radius 2 is 1.88 bits per heavy atom. The van der Waals surface area contributed by atoms with Gasteiger partial charge in [-0.05, 0) is 42.4 Å². The summed E-state index contributed by atoms with van der Waals surface area (Å²) in [4.78, 5) is 2.57. The van der Waals surface area contributed by atoms with E-state index in [2.05, 4.69) is 23.1 Å². The number of hydrogen-bond acceptors (Lipinski definition) is 2. The lowest BCUT2D eigenvalue weighted by Gasteiger charge is -2.12. The Kier molecular flexibility index (Phi) is 1.65. The largest absolute Gasteiger partial charge is 0.385 e. The van der Waals surface area contributed by atoms with Crippen LogP contribution in [0.4, 0.5) is 0 Å². The number of hydrogen-bond donors (Lipinski definition) is 1. The molecule has 4 rings (SSSR count). The highest BCUT2D eigenvalue weighted by atomic mass is 16.3. The normalized spacial score (nSPS) is 26.8. The molecule has 1 aromatic carbocycles. The topological polar surface area (TPSA) is 23.5 Å². The van der Waals surface area contributed by atoms with Gasteiger partial charge in [0.25, 0.3) is 0 Å². The highest BCUT2D eigenvalue weighted by molar-refractivity contribution is 5.39. The first-order valence-electron chi connectivity index (χ1n) is 6.33. The zero-order chi connectivity index (χ0) is 10.8. The minimum Gasteiger partial charge on any atom is -0.385 e. The second-order valence-corrected chi connectivity index (χ2v) is 5.65. The Morgan fingerprint density at radius 3 is 2.56 bits per heavy atom. The van der Waals surface area contributed by atoms with Crippen molar-refractivity contribution < 1.29 is 5.11 Å². The molecule has 0 bridgehead atoms. The summed E-state index contributed by atoms with van der Waals surface area (Å²) in [6.07, 6.45) is 4.64. The predicted molar refractivity (Wildman–Crippen MR) is 61.8 cm³/mol. The van der Waals surface area contributed by atoms with E-state index in [0.29, 0.717) is 0 Å². The van der Waals surface area contributed by atoms with Crippen molar-refractivity contribution in [1.82, 2.24) is 4.90 Å². The fourth-order valence-electron chi connectivity index (χ4n) is 2.82. The van der Waals surface area contributed by atoms with E-state index in [0.717, 1.165) is 37.5 Å². The summed E-state index contributed by atoms with van der Waals surface area (Å²) in [5, 5.41) is 10.1. The van der Waals surface area contributed by atoms with Crippen LogP contribution in [0.25, 0.3) is 0 Å². The quantitative estimate of drug-likeness (QED) is 0.817. The summed E-state index contributed by atoms with van der Waals surface area (Å²) >= 11 is 0. The highest BCUT2D eigenvalue weighted by Crippen LogP contribution is 2.46. The molecule has 0 radical (unpaired) electrons. The minimum absolute atomic E-state index is 0.470. The van der Waals surface area contributed by atoms with Crippen molar-refractivity contribution in [3.63, 3.8) is 0 Å². The number of fused-ring (bicyclic) bond motifs is 1. The van der Waals surface area contributed by atoms with Gasteiger partial charge in [0.2, 0.25) is 0 Å². The van der Waals surface area contributed by atoms with Crippen LogP contribution < -0.4 is 0 Å². The molecule has 2 aliphatic carbocycles. The van der Waals surface area contributed by atoms with Crippen LogP contribution in [0.3, 0.4) is 0 Å². The Balaban J connectivity index is 1.65. The van der Waals surface area contributed by atoms with Crippen molar-refractivity contribution in [3.05, 3.63) is 34.9 Å². The van der Waals surface area contributed by atoms with Crippen LogP contribution in [-0.4, -0.2) is 16.0 Å². The van der Waals surface area contributed by atoms with Gasteiger partial charge in [-0.2, -0.15) is 0 Å². The Hall–Kier alpha value is -0.860. The molecule has 1 aromatic rings. The van der Waals surface area contributed by atoms with Gasteiger partial charge >= 0.3 is 0 Å². The Labute approximate surface area is 95.9 Å². The van der Waals surface area contributed by atoms with Crippen molar-refractivity contribution in [2.24, 2.45) is 0 Å². The van der Waals surface area contributed by atoms with Crippen LogP contribution in [0.2, 0.25) is 0 Å². The maximum absolute atomic E-state index is 10.1. The zero-order valence-electron chi connectivity index (χ0n) is 9.45. The van der Waals surface area contributed by atoms with E-state index in [1.165, 1.54) is 24.0 Å². The molecule has 2 heteroatoms. The molecule has 1 heterocycles. The van der Waals surface area contributed by atoms with E-state index in [1.807, 2.05) is 0 Å². The lowest BCUT2D eigenvalue weighted by molar-refractivity contribution is 0.151. The molecule has 2 nitrogen and oxygen atoms in total. The first kappa shape index (κ1) is 9.20. The molecule has 84 valence electrons. The molecule has 2 fully saturated rings. The molecule has 0 spiro atoms. The van der Waals surface area contributed by atoms with Gasteiger partial charge in [0.1, 0.15) is 0 Å². The van der Waals surface area contributed by atoms with Gasteiger partial charge in [-0.25, -0.2) is 0 Å². The maximum atomic E-state index is 10.1. The van der Waals surface area contributed by atoms with Crippen LogP contribution in [0, 0.1) is 0 Å². The zero-order valence-corrected chi connectivity index (χ0v) is 9.45. The minimum atomic E-state index is -0.470. The van der Waals surface area contributed by atoms with Gasteiger partial charge in [0.05, 0.1) is 5.60 Å². The Morgan fingerprint density at radius 1 is 1.12 bits per heavy atom. The average molecular weight is 215 g/mol. The SMILES string of the molecule is OC1(c2ccc3c(c2)CN(C2CC2)C3)CC1. The first-order valence-corrected chi connectivity index (χ1v) is 6.33. The highest BCUT2D eigenvalue weighted by Gasteiger charge is 2.42. The molecule has 2 saturated carbocycles. The molecule has 0 amide bonds. The van der Waals surface area contributed by atoms with Crippen molar-refractivity contribution in [2.75, 3.05) is 0 Å². The lowest BCUT2D eigenvalue weighted by Crippen LogP contribution is -2.18. The van der Waals surface area contributed by atoms with Crippen LogP contribution >= 0.6 is 0 Å². The van der Waals surface area contributed by atoms with Gasteiger partial charge in [-0.1, -0.05) is 18.2 Å². The number of nitrogens with zero attached hydrogens (tertiary/aromatic N) is 1. The van der Waals surface area contributed by atoms with Gasteiger partial charge in [-0.15, -0.1) is 0 Å². The van der Waals surface area contributed by atoms with Crippen LogP contribution in [0.5, 0.6) is 0 Å². The van der Waals surface area contributed by atoms with Crippen molar-refractivity contribution in [1.29, 1.82) is 0 Å². The fourth-order valence-corrected chi connectivity index (χ4v) is 2.82. The molecule has 3 aliphatic rings. The monoisotopic (exact) mass is 215 g/mol. The third-order valence-electron chi connectivity index (χ3n) is 4.28. The van der Waals surface area contributed by atoms with Gasteiger partial charge in [0.15, 0.2) is 0 Å². The number of rotatable bonds is 2. The molecule has 16 heavy (non-hydrogen) atoms. The predicted octanol–water partition coefficient (Wildman–Crippen LogP) is 2.15. The number of aliphatic hydroxyl groups is 1. The van der Waals surface area contributed by atoms with Crippen molar-refractivity contribution >= 4 is 0 Å². The summed E-state index contributed by atoms with van der Waals surface area (Å²) in [5.41, 5.74) is 3.59. The lowest BCUT2D eigenvalue weighted by atomic mass is 10.0. The molecule has 0 aromatic heterocycles. The molecule has 0 atom stereocenters. The summed E-state index contributed by atoms with van der Waals surface area (Å²) in [6, 6.07) is 7.44. The molecule has 1 N–H and O–H groups in total. The molecular formula is C14H17NO. The third-order valence-corrected chi connectivity index (χ3v) is 4.28. The summed E-state index contributed by atoms with van der Waals surface area (Å²) in [7, 11) is 0. The van der Waals surface area contributed by atoms with E-state index < -0.39 is 5.60 Å². The van der Waals surface area contributed by atoms with E-state index in [-0.39, 0.29) is 0 Å².